The van der Waals surface area contributed by atoms with Gasteiger partial charge >= 0.3 is 0 Å². The van der Waals surface area contributed by atoms with Crippen LogP contribution in [-0.4, -0.2) is 40.3 Å². The molecule has 0 heterocycles. The fourth-order valence-electron chi connectivity index (χ4n) is 3.44. The molecule has 0 bridgehead atoms. The van der Waals surface area contributed by atoms with Gasteiger partial charge in [-0.2, -0.15) is 0 Å². The molecule has 0 aliphatic carbocycles. The first-order valence-corrected chi connectivity index (χ1v) is 12.8. The Morgan fingerprint density at radius 3 is 2.41 bits per heavy atom. The predicted octanol–water partition coefficient (Wildman–Crippen LogP) is 4.73. The van der Waals surface area contributed by atoms with E-state index in [1.54, 1.807) is 24.3 Å². The number of anilines is 1. The first-order valence-electron chi connectivity index (χ1n) is 10.9. The van der Waals surface area contributed by atoms with Crippen LogP contribution in [0.4, 0.5) is 5.69 Å². The molecule has 0 saturated carbocycles. The molecular formula is C26H29ClN2O4S. The summed E-state index contributed by atoms with van der Waals surface area (Å²) >= 11 is 5.91. The van der Waals surface area contributed by atoms with E-state index in [0.717, 1.165) is 24.1 Å². The van der Waals surface area contributed by atoms with Gasteiger partial charge in [-0.25, -0.2) is 8.42 Å². The fraction of sp³-hybridized carbons (Fsp3) is 0.231. The summed E-state index contributed by atoms with van der Waals surface area (Å²) in [5.74, 6) is 0.572. The Bertz CT molecular complexity index is 1180. The second-order valence-electron chi connectivity index (χ2n) is 7.52. The minimum absolute atomic E-state index is 0.0464. The normalized spacial score (nSPS) is 11.6. The zero-order chi connectivity index (χ0) is 24.4. The second-order valence-corrected chi connectivity index (χ2v) is 9.82. The highest BCUT2D eigenvalue weighted by atomic mass is 35.5. The molecule has 0 spiro atoms. The number of hydrogen-bond donors (Lipinski definition) is 2. The Kier molecular flexibility index (Phi) is 9.53. The molecule has 0 amide bonds. The summed E-state index contributed by atoms with van der Waals surface area (Å²) < 4.78 is 33.1. The van der Waals surface area contributed by atoms with Gasteiger partial charge in [0.25, 0.3) is 10.0 Å². The lowest BCUT2D eigenvalue weighted by molar-refractivity contribution is 0.306. The molecule has 0 fully saturated rings. The molecule has 0 unspecified atom stereocenters. The number of aliphatic hydroxyl groups is 1. The number of halogens is 1. The van der Waals surface area contributed by atoms with Gasteiger partial charge in [-0.1, -0.05) is 54.1 Å². The first kappa shape index (κ1) is 25.8. The molecular weight excluding hydrogens is 472 g/mol. The van der Waals surface area contributed by atoms with E-state index in [1.807, 2.05) is 42.5 Å². The van der Waals surface area contributed by atoms with Crippen molar-refractivity contribution in [3.8, 4) is 5.75 Å². The van der Waals surface area contributed by atoms with Crippen LogP contribution in [0.3, 0.4) is 0 Å². The van der Waals surface area contributed by atoms with Crippen LogP contribution in [0, 0.1) is 0 Å². The Morgan fingerprint density at radius 1 is 1.03 bits per heavy atom. The van der Waals surface area contributed by atoms with Crippen LogP contribution >= 0.6 is 11.6 Å². The number of para-hydroxylation sites is 1. The summed E-state index contributed by atoms with van der Waals surface area (Å²) in [5.41, 5.74) is 2.45. The van der Waals surface area contributed by atoms with Crippen LogP contribution in [-0.2, 0) is 16.6 Å². The second kappa shape index (κ2) is 12.6. The average Bonchev–Trinajstić information content (AvgIpc) is 2.86. The molecule has 0 aliphatic rings. The number of methoxy groups -OCH3 is 1. The van der Waals surface area contributed by atoms with Gasteiger partial charge in [0.05, 0.1) is 30.8 Å². The van der Waals surface area contributed by atoms with Crippen LogP contribution < -0.4 is 14.4 Å². The number of aliphatic hydroxyl groups excluding tert-OH is 1. The quantitative estimate of drug-likeness (QED) is 0.351. The van der Waals surface area contributed by atoms with Crippen molar-refractivity contribution in [3.05, 3.63) is 95.0 Å². The van der Waals surface area contributed by atoms with Gasteiger partial charge in [-0.15, -0.1) is 0 Å². The number of nitrogens with one attached hydrogen (secondary N) is 1. The topological polar surface area (TPSA) is 78.9 Å². The van der Waals surface area contributed by atoms with E-state index in [2.05, 4.69) is 11.4 Å². The van der Waals surface area contributed by atoms with Crippen LogP contribution in [0.5, 0.6) is 5.75 Å². The zero-order valence-electron chi connectivity index (χ0n) is 19.0. The van der Waals surface area contributed by atoms with Gasteiger partial charge in [0, 0.05) is 11.6 Å². The van der Waals surface area contributed by atoms with E-state index in [9.17, 15) is 13.5 Å². The van der Waals surface area contributed by atoms with Crippen LogP contribution in [0.15, 0.2) is 83.8 Å². The molecule has 0 radical (unpaired) electrons. The number of ether oxygens (including phenoxy) is 1. The number of nitrogens with zero attached hydrogens (tertiary/aromatic N) is 1. The molecule has 34 heavy (non-hydrogen) atoms. The van der Waals surface area contributed by atoms with Crippen molar-refractivity contribution in [2.45, 2.75) is 17.9 Å². The molecule has 0 aromatic heterocycles. The molecule has 0 aliphatic heterocycles. The number of hydrogen-bond acceptors (Lipinski definition) is 5. The highest BCUT2D eigenvalue weighted by Crippen LogP contribution is 2.28. The third-order valence-corrected chi connectivity index (χ3v) is 7.27. The van der Waals surface area contributed by atoms with Crippen LogP contribution in [0.25, 0.3) is 6.08 Å². The van der Waals surface area contributed by atoms with Gasteiger partial charge in [-0.3, -0.25) is 4.31 Å². The number of rotatable bonds is 12. The molecule has 6 nitrogen and oxygen atoms in total. The summed E-state index contributed by atoms with van der Waals surface area (Å²) in [6.07, 6.45) is 4.93. The molecule has 8 heteroatoms. The van der Waals surface area contributed by atoms with E-state index in [4.69, 9.17) is 16.3 Å². The van der Waals surface area contributed by atoms with E-state index in [1.165, 1.54) is 23.5 Å². The molecule has 0 saturated heterocycles. The maximum absolute atomic E-state index is 13.4. The van der Waals surface area contributed by atoms with Crippen LogP contribution in [0.1, 0.15) is 17.5 Å². The lowest BCUT2D eigenvalue weighted by atomic mass is 10.1. The highest BCUT2D eigenvalue weighted by molar-refractivity contribution is 7.92. The van der Waals surface area contributed by atoms with Crippen molar-refractivity contribution in [2.24, 2.45) is 0 Å². The minimum atomic E-state index is -3.87. The van der Waals surface area contributed by atoms with E-state index in [-0.39, 0.29) is 18.0 Å². The number of benzene rings is 3. The summed E-state index contributed by atoms with van der Waals surface area (Å²) in [5, 5.41) is 13.7. The van der Waals surface area contributed by atoms with Gasteiger partial charge in [0.2, 0.25) is 0 Å². The van der Waals surface area contributed by atoms with Gasteiger partial charge in [0.15, 0.2) is 0 Å². The van der Waals surface area contributed by atoms with Crippen molar-refractivity contribution < 1.29 is 18.3 Å². The maximum atomic E-state index is 13.4. The van der Waals surface area contributed by atoms with Gasteiger partial charge in [0.1, 0.15) is 5.75 Å². The standard InChI is InChI=1S/C26H29ClN2O4S/c1-33-24-13-15-25(16-14-24)34(31,32)29(18-19-30)26-8-3-2-7-22(26)20-28-17-5-4-6-21-9-11-23(27)12-10-21/h2-4,6-16,28,30H,5,17-20H2,1H3. The smallest absolute Gasteiger partial charge is 0.264 e. The Labute approximate surface area is 206 Å². The Balaban J connectivity index is 1.69. The summed E-state index contributed by atoms with van der Waals surface area (Å²) in [7, 11) is -2.34. The zero-order valence-corrected chi connectivity index (χ0v) is 20.6. The third kappa shape index (κ3) is 6.84. The van der Waals surface area contributed by atoms with Crippen molar-refractivity contribution in [1.82, 2.24) is 5.32 Å². The lowest BCUT2D eigenvalue weighted by Gasteiger charge is -2.26. The van der Waals surface area contributed by atoms with Crippen molar-refractivity contribution in [1.29, 1.82) is 0 Å². The SMILES string of the molecule is COc1ccc(S(=O)(=O)N(CCO)c2ccccc2CNCCC=Cc2ccc(Cl)cc2)cc1. The molecule has 2 N–H and O–H groups in total. The van der Waals surface area contributed by atoms with E-state index in [0.29, 0.717) is 23.0 Å². The number of sulfonamides is 1. The molecule has 3 rings (SSSR count). The Hall–Kier alpha value is -2.84. The Morgan fingerprint density at radius 2 is 1.74 bits per heavy atom. The van der Waals surface area contributed by atoms with Gasteiger partial charge < -0.3 is 15.2 Å². The average molecular weight is 501 g/mol. The van der Waals surface area contributed by atoms with E-state index >= 15 is 0 Å². The lowest BCUT2D eigenvalue weighted by Crippen LogP contribution is -2.34. The summed E-state index contributed by atoms with van der Waals surface area (Å²) in [4.78, 5) is 0.136. The van der Waals surface area contributed by atoms with Crippen LogP contribution in [0.2, 0.25) is 5.02 Å². The fourth-order valence-corrected chi connectivity index (χ4v) is 5.06. The molecule has 3 aromatic rings. The predicted molar refractivity (Wildman–Crippen MR) is 138 cm³/mol. The summed E-state index contributed by atoms with van der Waals surface area (Å²) in [6, 6.07) is 21.2. The first-order chi connectivity index (χ1) is 16.5. The highest BCUT2D eigenvalue weighted by Gasteiger charge is 2.26. The molecule has 0 atom stereocenters. The van der Waals surface area contributed by atoms with E-state index < -0.39 is 10.0 Å². The van der Waals surface area contributed by atoms with Crippen molar-refractivity contribution >= 4 is 33.4 Å². The summed E-state index contributed by atoms with van der Waals surface area (Å²) in [6.45, 7) is 0.872. The van der Waals surface area contributed by atoms with Gasteiger partial charge in [-0.05, 0) is 66.6 Å². The largest absolute Gasteiger partial charge is 0.497 e. The molecule has 180 valence electrons. The monoisotopic (exact) mass is 500 g/mol. The third-order valence-electron chi connectivity index (χ3n) is 5.19. The van der Waals surface area contributed by atoms with Crippen molar-refractivity contribution in [3.63, 3.8) is 0 Å². The maximum Gasteiger partial charge on any atom is 0.264 e. The molecule has 3 aromatic carbocycles. The minimum Gasteiger partial charge on any atom is -0.497 e. The van der Waals surface area contributed by atoms with Crippen molar-refractivity contribution in [2.75, 3.05) is 31.1 Å².